The lowest BCUT2D eigenvalue weighted by atomic mass is 9.93. The number of nitrogens with zero attached hydrogens (tertiary/aromatic N) is 1. The van der Waals surface area contributed by atoms with Crippen LogP contribution in [0.15, 0.2) is 24.3 Å². The van der Waals surface area contributed by atoms with Crippen LogP contribution in [0.25, 0.3) is 10.9 Å². The van der Waals surface area contributed by atoms with Crippen LogP contribution < -0.4 is 0 Å². The van der Waals surface area contributed by atoms with Gasteiger partial charge in [-0.2, -0.15) is 0 Å². The molecule has 2 aromatic rings. The number of fused-ring (bicyclic) bond motifs is 1. The van der Waals surface area contributed by atoms with Crippen molar-refractivity contribution in [3.8, 4) is 0 Å². The Kier molecular flexibility index (Phi) is 4.21. The van der Waals surface area contributed by atoms with E-state index in [0.717, 1.165) is 4.57 Å². The maximum atomic E-state index is 13.2. The van der Waals surface area contributed by atoms with Gasteiger partial charge in [-0.3, -0.25) is 0 Å². The molecule has 1 N–H and O–H groups in total. The van der Waals surface area contributed by atoms with Crippen LogP contribution in [0.2, 0.25) is 0 Å². The molecule has 0 radical (unpaired) electrons. The summed E-state index contributed by atoms with van der Waals surface area (Å²) in [5.41, 5.74) is 0.0542. The quantitative estimate of drug-likeness (QED) is 0.933. The summed E-state index contributed by atoms with van der Waals surface area (Å²) in [5.74, 6) is -1.77. The van der Waals surface area contributed by atoms with Gasteiger partial charge >= 0.3 is 12.1 Å². The van der Waals surface area contributed by atoms with Crippen molar-refractivity contribution in [3.63, 3.8) is 0 Å². The Balaban J connectivity index is 2.34. The Hall–Kier alpha value is -2.37. The molecule has 22 heavy (non-hydrogen) atoms. The van der Waals surface area contributed by atoms with Gasteiger partial charge in [0.05, 0.1) is 12.1 Å². The van der Waals surface area contributed by atoms with Gasteiger partial charge in [0, 0.05) is 5.39 Å². The fourth-order valence-corrected chi connectivity index (χ4v) is 2.05. The molecular weight excluding hydrogens is 289 g/mol. The molecule has 0 amide bonds. The average Bonchev–Trinajstić information content (AvgIpc) is 2.75. The number of carboxylic acid groups (broad SMARTS) is 1. The van der Waals surface area contributed by atoms with Gasteiger partial charge in [0.25, 0.3) is 0 Å². The van der Waals surface area contributed by atoms with Crippen molar-refractivity contribution >= 4 is 23.0 Å². The van der Waals surface area contributed by atoms with Crippen molar-refractivity contribution in [2.75, 3.05) is 6.61 Å². The minimum Gasteiger partial charge on any atom is -0.477 e. The number of ether oxygens (including phenoxy) is 1. The third-order valence-electron chi connectivity index (χ3n) is 3.24. The number of carbonyl (C=O) groups excluding carboxylic acids is 1. The molecule has 1 heterocycles. The van der Waals surface area contributed by atoms with Crippen molar-refractivity contribution in [2.45, 2.75) is 27.2 Å². The van der Waals surface area contributed by atoms with Crippen molar-refractivity contribution in [1.82, 2.24) is 4.57 Å². The van der Waals surface area contributed by atoms with Gasteiger partial charge in [-0.1, -0.05) is 20.8 Å². The first-order valence-corrected chi connectivity index (χ1v) is 6.90. The predicted octanol–water partition coefficient (Wildman–Crippen LogP) is 3.90. The average molecular weight is 307 g/mol. The second-order valence-electron chi connectivity index (χ2n) is 6.30. The second kappa shape index (κ2) is 5.79. The lowest BCUT2D eigenvalue weighted by Gasteiger charge is -2.17. The first kappa shape index (κ1) is 16.0. The van der Waals surface area contributed by atoms with Crippen molar-refractivity contribution < 1.29 is 23.8 Å². The highest BCUT2D eigenvalue weighted by atomic mass is 19.1. The zero-order valence-electron chi connectivity index (χ0n) is 12.7. The number of hydrogen-bond donors (Lipinski definition) is 1. The molecule has 118 valence electrons. The summed E-state index contributed by atoms with van der Waals surface area (Å²) in [6, 6.07) is 4.97. The molecule has 0 aliphatic carbocycles. The van der Waals surface area contributed by atoms with Crippen LogP contribution in [0.5, 0.6) is 0 Å². The van der Waals surface area contributed by atoms with E-state index in [1.807, 2.05) is 20.8 Å². The summed E-state index contributed by atoms with van der Waals surface area (Å²) in [6.07, 6.45) is -0.127. The lowest BCUT2D eigenvalue weighted by Crippen LogP contribution is -2.20. The Morgan fingerprint density at radius 2 is 1.95 bits per heavy atom. The van der Waals surface area contributed by atoms with E-state index in [4.69, 9.17) is 4.74 Å². The number of carboxylic acids is 1. The summed E-state index contributed by atoms with van der Waals surface area (Å²) in [6.45, 7) is 6.22. The Bertz CT molecular complexity index is 728. The van der Waals surface area contributed by atoms with Crippen molar-refractivity contribution in [1.29, 1.82) is 0 Å². The van der Waals surface area contributed by atoms with Gasteiger partial charge in [0.2, 0.25) is 0 Å². The monoisotopic (exact) mass is 307 g/mol. The van der Waals surface area contributed by atoms with Crippen LogP contribution >= 0.6 is 0 Å². The van der Waals surface area contributed by atoms with E-state index in [9.17, 15) is 19.1 Å². The highest BCUT2D eigenvalue weighted by molar-refractivity contribution is 6.00. The van der Waals surface area contributed by atoms with Gasteiger partial charge in [-0.15, -0.1) is 0 Å². The van der Waals surface area contributed by atoms with Gasteiger partial charge in [-0.25, -0.2) is 18.5 Å². The van der Waals surface area contributed by atoms with Gasteiger partial charge < -0.3 is 9.84 Å². The number of carbonyl (C=O) groups is 2. The molecule has 2 rings (SSSR count). The second-order valence-corrected chi connectivity index (χ2v) is 6.30. The van der Waals surface area contributed by atoms with E-state index in [1.165, 1.54) is 24.3 Å². The van der Waals surface area contributed by atoms with Crippen LogP contribution in [0.3, 0.4) is 0 Å². The SMILES string of the molecule is CC(C)(C)CCOC(=O)n1c(C(=O)O)cc2cc(F)ccc21. The Morgan fingerprint density at radius 3 is 2.55 bits per heavy atom. The third kappa shape index (κ3) is 3.44. The maximum absolute atomic E-state index is 13.2. The van der Waals surface area contributed by atoms with Crippen LogP contribution in [-0.4, -0.2) is 28.3 Å². The molecule has 1 aromatic heterocycles. The molecule has 0 saturated carbocycles. The highest BCUT2D eigenvalue weighted by Gasteiger charge is 2.21. The fraction of sp³-hybridized carbons (Fsp3) is 0.375. The summed E-state index contributed by atoms with van der Waals surface area (Å²) in [7, 11) is 0. The number of halogens is 1. The molecule has 0 spiro atoms. The highest BCUT2D eigenvalue weighted by Crippen LogP contribution is 2.22. The summed E-state index contributed by atoms with van der Waals surface area (Å²) in [4.78, 5) is 23.5. The number of aromatic carboxylic acids is 1. The van der Waals surface area contributed by atoms with Crippen molar-refractivity contribution in [2.24, 2.45) is 5.41 Å². The zero-order chi connectivity index (χ0) is 16.5. The summed E-state index contributed by atoms with van der Waals surface area (Å²) >= 11 is 0. The minimum atomic E-state index is -1.27. The molecule has 0 aliphatic rings. The number of aromatic nitrogens is 1. The van der Waals surface area contributed by atoms with E-state index < -0.39 is 17.9 Å². The topological polar surface area (TPSA) is 68.5 Å². The third-order valence-corrected chi connectivity index (χ3v) is 3.24. The molecule has 5 nitrogen and oxygen atoms in total. The Labute approximate surface area is 127 Å². The molecular formula is C16H18FNO4. The number of hydrogen-bond acceptors (Lipinski definition) is 3. The van der Waals surface area contributed by atoms with Crippen LogP contribution in [-0.2, 0) is 4.74 Å². The standard InChI is InChI=1S/C16H18FNO4/c1-16(2,3)6-7-22-15(21)18-12-5-4-11(17)8-10(12)9-13(18)14(19)20/h4-5,8-9H,6-7H2,1-3H3,(H,19,20). The zero-order valence-corrected chi connectivity index (χ0v) is 12.7. The minimum absolute atomic E-state index is 0.00219. The normalized spacial score (nSPS) is 11.6. The van der Waals surface area contributed by atoms with Gasteiger partial charge in [-0.05, 0) is 36.1 Å². The van der Waals surface area contributed by atoms with E-state index in [1.54, 1.807) is 0 Å². The molecule has 0 fully saturated rings. The molecule has 0 unspecified atom stereocenters. The van der Waals surface area contributed by atoms with E-state index >= 15 is 0 Å². The van der Waals surface area contributed by atoms with E-state index in [0.29, 0.717) is 17.3 Å². The first-order valence-electron chi connectivity index (χ1n) is 6.90. The smallest absolute Gasteiger partial charge is 0.419 e. The largest absolute Gasteiger partial charge is 0.477 e. The summed E-state index contributed by atoms with van der Waals surface area (Å²) < 4.78 is 19.4. The molecule has 0 aliphatic heterocycles. The lowest BCUT2D eigenvalue weighted by molar-refractivity contribution is 0.0680. The molecule has 0 atom stereocenters. The predicted molar refractivity (Wildman–Crippen MR) is 79.7 cm³/mol. The maximum Gasteiger partial charge on any atom is 0.419 e. The molecule has 0 saturated heterocycles. The molecule has 6 heteroatoms. The van der Waals surface area contributed by atoms with E-state index in [-0.39, 0.29) is 17.7 Å². The molecule has 0 bridgehead atoms. The van der Waals surface area contributed by atoms with E-state index in [2.05, 4.69) is 0 Å². The Morgan fingerprint density at radius 1 is 1.27 bits per heavy atom. The van der Waals surface area contributed by atoms with Crippen LogP contribution in [0, 0.1) is 11.2 Å². The molecule has 1 aromatic carbocycles. The van der Waals surface area contributed by atoms with Crippen LogP contribution in [0.4, 0.5) is 9.18 Å². The van der Waals surface area contributed by atoms with Crippen molar-refractivity contribution in [3.05, 3.63) is 35.8 Å². The fourth-order valence-electron chi connectivity index (χ4n) is 2.05. The van der Waals surface area contributed by atoms with Gasteiger partial charge in [0.15, 0.2) is 0 Å². The first-order chi connectivity index (χ1) is 10.2. The number of benzene rings is 1. The number of rotatable bonds is 3. The van der Waals surface area contributed by atoms with Gasteiger partial charge in [0.1, 0.15) is 11.5 Å². The van der Waals surface area contributed by atoms with Crippen LogP contribution in [0.1, 0.15) is 37.7 Å². The summed E-state index contributed by atoms with van der Waals surface area (Å²) in [5, 5.41) is 9.56.